The van der Waals surface area contributed by atoms with Gasteiger partial charge in [-0.3, -0.25) is 4.79 Å². The lowest BCUT2D eigenvalue weighted by Crippen LogP contribution is -2.37. The minimum absolute atomic E-state index is 0.151. The van der Waals surface area contributed by atoms with Crippen LogP contribution >= 0.6 is 0 Å². The van der Waals surface area contributed by atoms with E-state index in [1.807, 2.05) is 19.0 Å². The summed E-state index contributed by atoms with van der Waals surface area (Å²) in [5.41, 5.74) is 0. The summed E-state index contributed by atoms with van der Waals surface area (Å²) < 4.78 is 23.3. The number of anilines is 1. The number of carbonyl (C=O) groups excluding carboxylic acids is 1. The topological polar surface area (TPSA) is 95.5 Å². The van der Waals surface area contributed by atoms with Crippen molar-refractivity contribution >= 4 is 21.7 Å². The van der Waals surface area contributed by atoms with E-state index in [0.29, 0.717) is 5.82 Å². The van der Waals surface area contributed by atoms with Crippen LogP contribution in [-0.4, -0.2) is 62.5 Å². The first-order valence-corrected chi connectivity index (χ1v) is 7.72. The molecule has 1 rings (SSSR count). The molecule has 1 N–H and O–H groups in total. The highest BCUT2D eigenvalue weighted by molar-refractivity contribution is 7.88. The van der Waals surface area contributed by atoms with Gasteiger partial charge < -0.3 is 10.2 Å². The molecule has 0 fully saturated rings. The van der Waals surface area contributed by atoms with E-state index < -0.39 is 15.9 Å². The molecule has 9 heteroatoms. The summed E-state index contributed by atoms with van der Waals surface area (Å²) in [6.07, 6.45) is 2.65. The van der Waals surface area contributed by atoms with Crippen molar-refractivity contribution in [1.29, 1.82) is 0 Å². The Balaban J connectivity index is 2.55. The van der Waals surface area contributed by atoms with Gasteiger partial charge >= 0.3 is 0 Å². The normalized spacial score (nSPS) is 11.4. The fourth-order valence-electron chi connectivity index (χ4n) is 1.28. The van der Waals surface area contributed by atoms with Gasteiger partial charge in [0.1, 0.15) is 11.6 Å². The van der Waals surface area contributed by atoms with E-state index in [-0.39, 0.29) is 13.1 Å². The van der Waals surface area contributed by atoms with Crippen LogP contribution in [-0.2, 0) is 21.4 Å². The summed E-state index contributed by atoms with van der Waals surface area (Å²) in [5, 5.41) is 2.58. The highest BCUT2D eigenvalue weighted by atomic mass is 32.2. The first-order chi connectivity index (χ1) is 9.20. The fraction of sp³-hybridized carbons (Fsp3) is 0.545. The Kier molecular flexibility index (Phi) is 5.40. The van der Waals surface area contributed by atoms with Crippen LogP contribution in [0.4, 0.5) is 5.82 Å². The van der Waals surface area contributed by atoms with Gasteiger partial charge in [0.05, 0.1) is 19.3 Å². The molecule has 0 spiro atoms. The SMILES string of the molecule is CN(C)c1ccnc(CNC(=O)CN(C)S(C)(=O)=O)n1. The molecule has 8 nitrogen and oxygen atoms in total. The molecule has 1 heterocycles. The molecule has 1 aromatic rings. The van der Waals surface area contributed by atoms with Crippen LogP contribution in [0.2, 0.25) is 0 Å². The van der Waals surface area contributed by atoms with Crippen molar-refractivity contribution < 1.29 is 13.2 Å². The molecule has 0 aliphatic heterocycles. The number of carbonyl (C=O) groups is 1. The van der Waals surface area contributed by atoms with Crippen LogP contribution in [0.5, 0.6) is 0 Å². The van der Waals surface area contributed by atoms with Crippen LogP contribution in [0, 0.1) is 0 Å². The third-order valence-electron chi connectivity index (χ3n) is 2.53. The molecular formula is C11H19N5O3S. The molecule has 0 saturated carbocycles. The maximum atomic E-state index is 11.6. The van der Waals surface area contributed by atoms with Gasteiger partial charge in [-0.1, -0.05) is 0 Å². The molecule has 20 heavy (non-hydrogen) atoms. The van der Waals surface area contributed by atoms with Crippen LogP contribution in [0.1, 0.15) is 5.82 Å². The molecule has 0 saturated heterocycles. The minimum Gasteiger partial charge on any atom is -0.363 e. The summed E-state index contributed by atoms with van der Waals surface area (Å²) in [6.45, 7) is -0.0790. The number of hydrogen-bond donors (Lipinski definition) is 1. The second-order valence-electron chi connectivity index (χ2n) is 4.52. The van der Waals surface area contributed by atoms with Crippen LogP contribution in [0.15, 0.2) is 12.3 Å². The molecule has 1 amide bonds. The average molecular weight is 301 g/mol. The number of nitrogens with one attached hydrogen (secondary N) is 1. The lowest BCUT2D eigenvalue weighted by molar-refractivity contribution is -0.121. The van der Waals surface area contributed by atoms with Crippen molar-refractivity contribution in [1.82, 2.24) is 19.6 Å². The Hall–Kier alpha value is -1.74. The van der Waals surface area contributed by atoms with E-state index in [4.69, 9.17) is 0 Å². The van der Waals surface area contributed by atoms with E-state index in [0.717, 1.165) is 16.4 Å². The molecule has 0 aliphatic carbocycles. The Morgan fingerprint density at radius 1 is 1.35 bits per heavy atom. The van der Waals surface area contributed by atoms with E-state index in [1.165, 1.54) is 7.05 Å². The van der Waals surface area contributed by atoms with Gasteiger partial charge in [-0.25, -0.2) is 18.4 Å². The van der Waals surface area contributed by atoms with Gasteiger partial charge in [-0.05, 0) is 6.07 Å². The third-order valence-corrected chi connectivity index (χ3v) is 3.79. The minimum atomic E-state index is -3.36. The number of likely N-dealkylation sites (N-methyl/N-ethyl adjacent to an activating group) is 1. The zero-order valence-corrected chi connectivity index (χ0v) is 12.8. The van der Waals surface area contributed by atoms with Crippen LogP contribution in [0.25, 0.3) is 0 Å². The van der Waals surface area contributed by atoms with E-state index in [1.54, 1.807) is 12.3 Å². The first kappa shape index (κ1) is 16.3. The van der Waals surface area contributed by atoms with Crippen LogP contribution < -0.4 is 10.2 Å². The van der Waals surface area contributed by atoms with Crippen molar-refractivity contribution in [3.8, 4) is 0 Å². The van der Waals surface area contributed by atoms with Crippen molar-refractivity contribution in [2.24, 2.45) is 0 Å². The highest BCUT2D eigenvalue weighted by Gasteiger charge is 2.15. The second kappa shape index (κ2) is 6.62. The highest BCUT2D eigenvalue weighted by Crippen LogP contribution is 2.04. The number of nitrogens with zero attached hydrogens (tertiary/aromatic N) is 4. The molecular weight excluding hydrogens is 282 g/mol. The number of hydrogen-bond acceptors (Lipinski definition) is 6. The summed E-state index contributed by atoms with van der Waals surface area (Å²) in [4.78, 5) is 21.7. The molecule has 0 radical (unpaired) electrons. The molecule has 0 aliphatic rings. The van der Waals surface area contributed by atoms with Crippen molar-refractivity contribution in [2.45, 2.75) is 6.54 Å². The van der Waals surface area contributed by atoms with Gasteiger partial charge in [0.2, 0.25) is 15.9 Å². The zero-order chi connectivity index (χ0) is 15.3. The smallest absolute Gasteiger partial charge is 0.235 e. The van der Waals surface area contributed by atoms with Gasteiger partial charge in [-0.15, -0.1) is 0 Å². The van der Waals surface area contributed by atoms with Gasteiger partial charge in [0, 0.05) is 27.3 Å². The van der Waals surface area contributed by atoms with Crippen molar-refractivity contribution in [3.05, 3.63) is 18.1 Å². The molecule has 0 bridgehead atoms. The predicted molar refractivity (Wildman–Crippen MR) is 75.7 cm³/mol. The number of sulfonamides is 1. The quantitative estimate of drug-likeness (QED) is 0.728. The second-order valence-corrected chi connectivity index (χ2v) is 6.61. The largest absolute Gasteiger partial charge is 0.363 e. The predicted octanol–water partition coefficient (Wildman–Crippen LogP) is -0.950. The monoisotopic (exact) mass is 301 g/mol. The Morgan fingerprint density at radius 2 is 2.00 bits per heavy atom. The first-order valence-electron chi connectivity index (χ1n) is 5.87. The summed E-state index contributed by atoms with van der Waals surface area (Å²) in [5.74, 6) is 0.792. The lowest BCUT2D eigenvalue weighted by Gasteiger charge is -2.14. The van der Waals surface area contributed by atoms with E-state index >= 15 is 0 Å². The van der Waals surface area contributed by atoms with Gasteiger partial charge in [0.25, 0.3) is 0 Å². The summed E-state index contributed by atoms with van der Waals surface area (Å²) in [7, 11) is 1.69. The number of rotatable bonds is 6. The number of amides is 1. The molecule has 1 aromatic heterocycles. The summed E-state index contributed by atoms with van der Waals surface area (Å²) in [6, 6.07) is 1.75. The zero-order valence-electron chi connectivity index (χ0n) is 12.0. The fourth-order valence-corrected chi connectivity index (χ4v) is 1.63. The maximum absolute atomic E-state index is 11.6. The molecule has 0 unspecified atom stereocenters. The standard InChI is InChI=1S/C11H19N5O3S/c1-15(2)10-5-6-12-9(14-10)7-13-11(17)8-16(3)20(4,18)19/h5-6H,7-8H2,1-4H3,(H,13,17). The number of aromatic nitrogens is 2. The van der Waals surface area contributed by atoms with E-state index in [2.05, 4.69) is 15.3 Å². The maximum Gasteiger partial charge on any atom is 0.235 e. The van der Waals surface area contributed by atoms with Crippen LogP contribution in [0.3, 0.4) is 0 Å². The Labute approximate surface area is 118 Å². The molecule has 0 aromatic carbocycles. The Bertz CT molecular complexity index is 573. The summed E-state index contributed by atoms with van der Waals surface area (Å²) >= 11 is 0. The average Bonchev–Trinajstić information content (AvgIpc) is 2.35. The molecule has 0 atom stereocenters. The van der Waals surface area contributed by atoms with E-state index in [9.17, 15) is 13.2 Å². The Morgan fingerprint density at radius 3 is 2.55 bits per heavy atom. The van der Waals surface area contributed by atoms with Crippen molar-refractivity contribution in [2.75, 3.05) is 38.8 Å². The lowest BCUT2D eigenvalue weighted by atomic mass is 10.4. The van der Waals surface area contributed by atoms with Gasteiger partial charge in [0.15, 0.2) is 0 Å². The molecule has 112 valence electrons. The van der Waals surface area contributed by atoms with Crippen molar-refractivity contribution in [3.63, 3.8) is 0 Å². The third kappa shape index (κ3) is 5.10. The van der Waals surface area contributed by atoms with Gasteiger partial charge in [-0.2, -0.15) is 4.31 Å².